The van der Waals surface area contributed by atoms with Crippen molar-refractivity contribution in [3.8, 4) is 0 Å². The van der Waals surface area contributed by atoms with E-state index in [9.17, 15) is 4.79 Å². The zero-order chi connectivity index (χ0) is 18.9. The fraction of sp³-hybridized carbons (Fsp3) is 0.636. The summed E-state index contributed by atoms with van der Waals surface area (Å²) in [6.45, 7) is 3.44. The molecule has 0 saturated heterocycles. The van der Waals surface area contributed by atoms with Gasteiger partial charge in [-0.15, -0.1) is 0 Å². The molecule has 1 aliphatic heterocycles. The predicted molar refractivity (Wildman–Crippen MR) is 111 cm³/mol. The first-order chi connectivity index (χ1) is 13.1. The van der Waals surface area contributed by atoms with Gasteiger partial charge in [-0.05, 0) is 49.3 Å². The molecule has 4 rings (SSSR count). The monoisotopic (exact) mass is 432 g/mol. The predicted octanol–water partition coefficient (Wildman–Crippen LogP) is 5.37. The van der Waals surface area contributed by atoms with E-state index in [1.165, 1.54) is 12.8 Å². The van der Waals surface area contributed by atoms with E-state index in [0.717, 1.165) is 66.4 Å². The Labute approximate surface area is 170 Å². The molecule has 27 heavy (non-hydrogen) atoms. The number of ether oxygens (including phenoxy) is 1. The van der Waals surface area contributed by atoms with Crippen molar-refractivity contribution in [3.63, 3.8) is 0 Å². The van der Waals surface area contributed by atoms with Crippen LogP contribution in [0.5, 0.6) is 0 Å². The minimum Gasteiger partial charge on any atom is -0.374 e. The van der Waals surface area contributed by atoms with E-state index in [2.05, 4.69) is 41.1 Å². The largest absolute Gasteiger partial charge is 0.374 e. The Kier molecular flexibility index (Phi) is 5.70. The van der Waals surface area contributed by atoms with Crippen molar-refractivity contribution < 1.29 is 9.53 Å². The second kappa shape index (κ2) is 8.04. The van der Waals surface area contributed by atoms with Gasteiger partial charge in [-0.1, -0.05) is 54.2 Å². The topological polar surface area (TPSA) is 41.9 Å². The van der Waals surface area contributed by atoms with Gasteiger partial charge in [0.2, 0.25) is 0 Å². The number of benzene rings is 1. The van der Waals surface area contributed by atoms with Gasteiger partial charge in [0.15, 0.2) is 0 Å². The van der Waals surface area contributed by atoms with E-state index in [-0.39, 0.29) is 5.91 Å². The van der Waals surface area contributed by atoms with E-state index in [0.29, 0.717) is 19.3 Å². The molecule has 5 heteroatoms. The number of rotatable bonds is 8. The van der Waals surface area contributed by atoms with Crippen LogP contribution in [-0.4, -0.2) is 28.3 Å². The lowest BCUT2D eigenvalue weighted by Gasteiger charge is -2.23. The molecule has 1 heterocycles. The summed E-state index contributed by atoms with van der Waals surface area (Å²) in [7, 11) is 0. The van der Waals surface area contributed by atoms with Gasteiger partial charge in [0, 0.05) is 10.9 Å². The molecule has 3 aliphatic rings. The van der Waals surface area contributed by atoms with Crippen LogP contribution >= 0.6 is 15.9 Å². The van der Waals surface area contributed by atoms with E-state index < -0.39 is 5.54 Å². The Morgan fingerprint density at radius 1 is 1.30 bits per heavy atom. The molecule has 4 nitrogen and oxygen atoms in total. The van der Waals surface area contributed by atoms with Crippen molar-refractivity contribution in [1.82, 2.24) is 4.90 Å². The Morgan fingerprint density at radius 3 is 2.78 bits per heavy atom. The van der Waals surface area contributed by atoms with Crippen molar-refractivity contribution in [2.45, 2.75) is 89.5 Å². The SMILES string of the molecule is CCCCC1=NC2(CCCC2)C(=O)N1Cc1ccc(Br)c(COC2CC2)c1. The summed E-state index contributed by atoms with van der Waals surface area (Å²) in [5, 5.41) is 0. The van der Waals surface area contributed by atoms with Gasteiger partial charge in [0.25, 0.3) is 5.91 Å². The number of nitrogens with zero attached hydrogens (tertiary/aromatic N) is 2. The van der Waals surface area contributed by atoms with Crippen LogP contribution in [0.4, 0.5) is 0 Å². The Bertz CT molecular complexity index is 736. The Morgan fingerprint density at radius 2 is 2.07 bits per heavy atom. The number of hydrogen-bond donors (Lipinski definition) is 0. The van der Waals surface area contributed by atoms with Crippen molar-refractivity contribution in [1.29, 1.82) is 0 Å². The maximum absolute atomic E-state index is 13.3. The van der Waals surface area contributed by atoms with Crippen LogP contribution in [-0.2, 0) is 22.7 Å². The number of amides is 1. The average molecular weight is 433 g/mol. The van der Waals surface area contributed by atoms with Crippen molar-refractivity contribution >= 4 is 27.7 Å². The smallest absolute Gasteiger partial charge is 0.256 e. The highest BCUT2D eigenvalue weighted by atomic mass is 79.9. The van der Waals surface area contributed by atoms with E-state index >= 15 is 0 Å². The van der Waals surface area contributed by atoms with Crippen LogP contribution in [0.15, 0.2) is 27.7 Å². The molecule has 2 aliphatic carbocycles. The van der Waals surface area contributed by atoms with Gasteiger partial charge in [-0.2, -0.15) is 0 Å². The first-order valence-corrected chi connectivity index (χ1v) is 11.2. The highest BCUT2D eigenvalue weighted by Crippen LogP contribution is 2.40. The zero-order valence-corrected chi connectivity index (χ0v) is 17.8. The van der Waals surface area contributed by atoms with Gasteiger partial charge in [-0.25, -0.2) is 0 Å². The summed E-state index contributed by atoms with van der Waals surface area (Å²) in [5.74, 6) is 1.23. The standard InChI is InChI=1S/C22H29BrN2O2/c1-2-3-6-20-24-22(11-4-5-12-22)21(26)25(20)14-16-7-10-19(23)17(13-16)15-27-18-8-9-18/h7,10,13,18H,2-6,8-9,11-12,14-15H2,1H3. The van der Waals surface area contributed by atoms with Crippen LogP contribution < -0.4 is 0 Å². The summed E-state index contributed by atoms with van der Waals surface area (Å²) in [6.07, 6.45) is 9.97. The summed E-state index contributed by atoms with van der Waals surface area (Å²) in [5.41, 5.74) is 1.87. The average Bonchev–Trinajstić information content (AvgIpc) is 3.32. The number of halogens is 1. The van der Waals surface area contributed by atoms with Crippen molar-refractivity contribution in [2.24, 2.45) is 4.99 Å². The Hall–Kier alpha value is -1.20. The number of aliphatic imine (C=N–C) groups is 1. The zero-order valence-electron chi connectivity index (χ0n) is 16.2. The normalized spacial score (nSPS) is 21.3. The molecule has 1 spiro atoms. The first kappa shape index (κ1) is 19.1. The van der Waals surface area contributed by atoms with Gasteiger partial charge < -0.3 is 4.74 Å². The third-order valence-electron chi connectivity index (χ3n) is 5.93. The number of unbranched alkanes of at least 4 members (excludes halogenated alkanes) is 1. The summed E-state index contributed by atoms with van der Waals surface area (Å²) < 4.78 is 6.96. The number of carbonyl (C=O) groups excluding carboxylic acids is 1. The summed E-state index contributed by atoms with van der Waals surface area (Å²) in [4.78, 5) is 20.2. The molecule has 1 aromatic rings. The van der Waals surface area contributed by atoms with Crippen LogP contribution in [0.2, 0.25) is 0 Å². The number of hydrogen-bond acceptors (Lipinski definition) is 3. The quantitative estimate of drug-likeness (QED) is 0.553. The number of carbonyl (C=O) groups is 1. The molecule has 0 N–H and O–H groups in total. The number of amidine groups is 1. The van der Waals surface area contributed by atoms with E-state index in [1.54, 1.807) is 0 Å². The van der Waals surface area contributed by atoms with E-state index in [1.807, 2.05) is 4.90 Å². The van der Waals surface area contributed by atoms with Gasteiger partial charge in [-0.3, -0.25) is 14.7 Å². The minimum atomic E-state index is -0.448. The molecule has 146 valence electrons. The van der Waals surface area contributed by atoms with E-state index in [4.69, 9.17) is 9.73 Å². The van der Waals surface area contributed by atoms with Crippen LogP contribution in [0.3, 0.4) is 0 Å². The molecule has 2 fully saturated rings. The summed E-state index contributed by atoms with van der Waals surface area (Å²) >= 11 is 3.64. The molecular formula is C22H29BrN2O2. The maximum atomic E-state index is 13.3. The van der Waals surface area contributed by atoms with Crippen molar-refractivity contribution in [2.75, 3.05) is 0 Å². The molecule has 1 aromatic carbocycles. The Balaban J connectivity index is 1.52. The third kappa shape index (κ3) is 4.14. The fourth-order valence-electron chi connectivity index (χ4n) is 4.16. The highest BCUT2D eigenvalue weighted by Gasteiger charge is 2.49. The maximum Gasteiger partial charge on any atom is 0.256 e. The van der Waals surface area contributed by atoms with Crippen LogP contribution in [0, 0.1) is 0 Å². The summed E-state index contributed by atoms with van der Waals surface area (Å²) in [6, 6.07) is 6.36. The molecule has 0 radical (unpaired) electrons. The molecule has 0 aromatic heterocycles. The third-order valence-corrected chi connectivity index (χ3v) is 6.71. The molecule has 2 saturated carbocycles. The van der Waals surface area contributed by atoms with Gasteiger partial charge in [0.05, 0.1) is 19.3 Å². The van der Waals surface area contributed by atoms with Crippen LogP contribution in [0.1, 0.15) is 75.8 Å². The second-order valence-corrected chi connectivity index (χ2v) is 9.05. The fourth-order valence-corrected chi connectivity index (χ4v) is 4.52. The molecule has 0 unspecified atom stereocenters. The van der Waals surface area contributed by atoms with Crippen LogP contribution in [0.25, 0.3) is 0 Å². The van der Waals surface area contributed by atoms with Gasteiger partial charge >= 0.3 is 0 Å². The molecule has 0 bridgehead atoms. The molecular weight excluding hydrogens is 404 g/mol. The van der Waals surface area contributed by atoms with Crippen molar-refractivity contribution in [3.05, 3.63) is 33.8 Å². The first-order valence-electron chi connectivity index (χ1n) is 10.4. The molecule has 0 atom stereocenters. The lowest BCUT2D eigenvalue weighted by molar-refractivity contribution is -0.131. The highest BCUT2D eigenvalue weighted by molar-refractivity contribution is 9.10. The lowest BCUT2D eigenvalue weighted by Crippen LogP contribution is -2.40. The molecule has 1 amide bonds. The minimum absolute atomic E-state index is 0.227. The lowest BCUT2D eigenvalue weighted by atomic mass is 9.98. The van der Waals surface area contributed by atoms with Gasteiger partial charge in [0.1, 0.15) is 11.4 Å². The second-order valence-electron chi connectivity index (χ2n) is 8.20.